The highest BCUT2D eigenvalue weighted by molar-refractivity contribution is 6.48. The molecular weight excluding hydrogens is 212 g/mol. The van der Waals surface area contributed by atoms with Crippen molar-refractivity contribution in [2.45, 2.75) is 12.7 Å². The van der Waals surface area contributed by atoms with Crippen molar-refractivity contribution in [2.24, 2.45) is 5.73 Å². The number of halogens is 1. The molecule has 0 radical (unpaired) electrons. The molecule has 0 amide bonds. The molecular formula is C10H13BFNO3. The van der Waals surface area contributed by atoms with Gasteiger partial charge in [0.05, 0.1) is 18.2 Å². The molecule has 4 nitrogen and oxygen atoms in total. The van der Waals surface area contributed by atoms with E-state index in [-0.39, 0.29) is 12.3 Å². The minimum Gasteiger partial charge on any atom is -0.537 e. The maximum atomic E-state index is 13.5. The first-order valence-electron chi connectivity index (χ1n) is 5.17. The number of ether oxygens (including phenoxy) is 1. The summed E-state index contributed by atoms with van der Waals surface area (Å²) in [7, 11) is -1.12. The fourth-order valence-electron chi connectivity index (χ4n) is 1.95. The first-order valence-corrected chi connectivity index (χ1v) is 5.17. The molecule has 1 unspecified atom stereocenters. The highest BCUT2D eigenvalue weighted by Gasteiger charge is 2.45. The fourth-order valence-corrected chi connectivity index (χ4v) is 1.95. The van der Waals surface area contributed by atoms with E-state index in [0.717, 1.165) is 0 Å². The topological polar surface area (TPSA) is 64.7 Å². The van der Waals surface area contributed by atoms with E-state index in [2.05, 4.69) is 0 Å². The molecule has 6 heteroatoms. The number of rotatable bonds is 3. The largest absolute Gasteiger partial charge is 0.538 e. The molecule has 16 heavy (non-hydrogen) atoms. The number of hydrogen-bond acceptors (Lipinski definition) is 4. The maximum absolute atomic E-state index is 13.5. The van der Waals surface area contributed by atoms with E-state index in [9.17, 15) is 9.41 Å². The first-order chi connectivity index (χ1) is 7.69. The van der Waals surface area contributed by atoms with Gasteiger partial charge in [-0.25, -0.2) is 4.39 Å². The number of allylic oxidation sites excluding steroid dienone is 4. The number of nitrogens with two attached hydrogens (primary N) is 1. The summed E-state index contributed by atoms with van der Waals surface area (Å²) in [5.41, 5.74) is 6.17. The average Bonchev–Trinajstić information content (AvgIpc) is 2.60. The van der Waals surface area contributed by atoms with Crippen LogP contribution in [0.3, 0.4) is 0 Å². The van der Waals surface area contributed by atoms with E-state index in [4.69, 9.17) is 15.1 Å². The van der Waals surface area contributed by atoms with E-state index in [1.807, 2.05) is 0 Å². The Balaban J connectivity index is 2.39. The Labute approximate surface area is 93.4 Å². The summed E-state index contributed by atoms with van der Waals surface area (Å²) in [6, 6.07) is 0. The molecule has 1 aliphatic carbocycles. The van der Waals surface area contributed by atoms with Gasteiger partial charge in [0.1, 0.15) is 5.76 Å². The zero-order valence-corrected chi connectivity index (χ0v) is 8.94. The quantitative estimate of drug-likeness (QED) is 0.699. The molecule has 0 saturated carbocycles. The van der Waals surface area contributed by atoms with Crippen LogP contribution in [0.25, 0.3) is 0 Å². The van der Waals surface area contributed by atoms with Crippen molar-refractivity contribution in [3.63, 3.8) is 0 Å². The minimum absolute atomic E-state index is 0.121. The number of hydrogen-bond donors (Lipinski definition) is 2. The van der Waals surface area contributed by atoms with Gasteiger partial charge in [-0.1, -0.05) is 6.08 Å². The summed E-state index contributed by atoms with van der Waals surface area (Å²) in [5, 5.41) is 9.71. The Hall–Kier alpha value is -1.27. The van der Waals surface area contributed by atoms with Gasteiger partial charge in [0.25, 0.3) is 0 Å². The predicted octanol–water partition coefficient (Wildman–Crippen LogP) is 0.867. The third kappa shape index (κ3) is 1.64. The van der Waals surface area contributed by atoms with Gasteiger partial charge in [-0.05, 0) is 18.6 Å². The van der Waals surface area contributed by atoms with E-state index in [1.54, 1.807) is 13.0 Å². The highest BCUT2D eigenvalue weighted by Crippen LogP contribution is 2.43. The van der Waals surface area contributed by atoms with Crippen molar-refractivity contribution >= 4 is 7.12 Å². The van der Waals surface area contributed by atoms with Crippen molar-refractivity contribution in [1.82, 2.24) is 0 Å². The van der Waals surface area contributed by atoms with Crippen LogP contribution >= 0.6 is 0 Å². The molecule has 0 aromatic carbocycles. The third-order valence-electron chi connectivity index (χ3n) is 2.62. The summed E-state index contributed by atoms with van der Waals surface area (Å²) in [6.07, 6.45) is 2.87. The van der Waals surface area contributed by atoms with Crippen molar-refractivity contribution in [3.8, 4) is 0 Å². The molecule has 0 saturated heterocycles. The summed E-state index contributed by atoms with van der Waals surface area (Å²) in [6.45, 7) is 2.27. The van der Waals surface area contributed by atoms with E-state index in [1.165, 1.54) is 6.08 Å². The summed E-state index contributed by atoms with van der Waals surface area (Å²) in [5.74, 6) is -0.463. The Morgan fingerprint density at radius 2 is 2.38 bits per heavy atom. The van der Waals surface area contributed by atoms with Crippen molar-refractivity contribution in [3.05, 3.63) is 35.1 Å². The van der Waals surface area contributed by atoms with Gasteiger partial charge in [-0.15, -0.1) is 0 Å². The van der Waals surface area contributed by atoms with Crippen molar-refractivity contribution in [1.29, 1.82) is 0 Å². The fraction of sp³-hybridized carbons (Fsp3) is 0.400. The molecule has 0 fully saturated rings. The normalized spacial score (nSPS) is 23.8. The van der Waals surface area contributed by atoms with Gasteiger partial charge in [0.2, 0.25) is 0 Å². The lowest BCUT2D eigenvalue weighted by Gasteiger charge is -2.19. The van der Waals surface area contributed by atoms with Crippen molar-refractivity contribution < 1.29 is 18.8 Å². The first kappa shape index (κ1) is 11.2. The highest BCUT2D eigenvalue weighted by atomic mass is 19.1. The second-order valence-electron chi connectivity index (χ2n) is 3.55. The second-order valence-corrected chi connectivity index (χ2v) is 3.55. The Bertz CT molecular complexity index is 392. The Kier molecular flexibility index (Phi) is 3.02. The van der Waals surface area contributed by atoms with Crippen LogP contribution in [0.5, 0.6) is 0 Å². The summed E-state index contributed by atoms with van der Waals surface area (Å²) < 4.78 is 23.9. The van der Waals surface area contributed by atoms with Crippen LogP contribution in [0.1, 0.15) is 6.92 Å². The molecule has 2 rings (SSSR count). The maximum Gasteiger partial charge on any atom is 0.538 e. The van der Waals surface area contributed by atoms with Gasteiger partial charge in [0, 0.05) is 6.54 Å². The molecule has 2 aliphatic rings. The molecule has 0 bridgehead atoms. The minimum atomic E-state index is -1.12. The molecule has 1 atom stereocenters. The van der Waals surface area contributed by atoms with Crippen LogP contribution in [-0.2, 0) is 9.39 Å². The van der Waals surface area contributed by atoms with Crippen LogP contribution in [0, 0.1) is 0 Å². The van der Waals surface area contributed by atoms with Gasteiger partial charge in [-0.2, -0.15) is 0 Å². The van der Waals surface area contributed by atoms with Gasteiger partial charge in [0.15, 0.2) is 5.83 Å². The molecule has 0 aromatic rings. The standard InChI is InChI=1S/C10H13BFNO3/c1-2-15-10-7(12)4-3-6-8(5-13)16-11(14)9(6)10/h3-4,9,14H,2,5,13H2,1H3. The van der Waals surface area contributed by atoms with Crippen LogP contribution in [0.4, 0.5) is 4.39 Å². The Morgan fingerprint density at radius 1 is 1.62 bits per heavy atom. The van der Waals surface area contributed by atoms with Crippen molar-refractivity contribution in [2.75, 3.05) is 13.2 Å². The average molecular weight is 225 g/mol. The zero-order chi connectivity index (χ0) is 11.7. The number of fused-ring (bicyclic) bond motifs is 1. The Morgan fingerprint density at radius 3 is 3.00 bits per heavy atom. The molecule has 86 valence electrons. The molecule has 0 aromatic heterocycles. The third-order valence-corrected chi connectivity index (χ3v) is 2.62. The van der Waals surface area contributed by atoms with Crippen LogP contribution in [-0.4, -0.2) is 25.3 Å². The lowest BCUT2D eigenvalue weighted by Crippen LogP contribution is -2.23. The predicted molar refractivity (Wildman–Crippen MR) is 57.8 cm³/mol. The van der Waals surface area contributed by atoms with Crippen LogP contribution < -0.4 is 5.73 Å². The van der Waals surface area contributed by atoms with E-state index >= 15 is 0 Å². The molecule has 0 spiro atoms. The van der Waals surface area contributed by atoms with Crippen LogP contribution in [0.2, 0.25) is 5.82 Å². The van der Waals surface area contributed by atoms with Gasteiger partial charge >= 0.3 is 7.12 Å². The molecule has 1 aliphatic heterocycles. The summed E-state index contributed by atoms with van der Waals surface area (Å²) in [4.78, 5) is 0. The van der Waals surface area contributed by atoms with E-state index in [0.29, 0.717) is 17.9 Å². The lowest BCUT2D eigenvalue weighted by atomic mass is 9.67. The molecule has 3 N–H and O–H groups in total. The lowest BCUT2D eigenvalue weighted by molar-refractivity contribution is 0.207. The smallest absolute Gasteiger partial charge is 0.537 e. The van der Waals surface area contributed by atoms with Gasteiger partial charge < -0.3 is 20.1 Å². The second kappa shape index (κ2) is 4.31. The van der Waals surface area contributed by atoms with Crippen LogP contribution in [0.15, 0.2) is 35.1 Å². The monoisotopic (exact) mass is 225 g/mol. The molecule has 1 heterocycles. The van der Waals surface area contributed by atoms with Gasteiger partial charge in [-0.3, -0.25) is 0 Å². The zero-order valence-electron chi connectivity index (χ0n) is 8.94. The summed E-state index contributed by atoms with van der Waals surface area (Å²) >= 11 is 0. The SMILES string of the molecule is CCOC1=C(F)C=CC2=C(CN)OB(O)C21. The van der Waals surface area contributed by atoms with E-state index < -0.39 is 18.8 Å².